The Morgan fingerprint density at radius 2 is 1.96 bits per heavy atom. The van der Waals surface area contributed by atoms with Gasteiger partial charge in [0.15, 0.2) is 5.96 Å². The van der Waals surface area contributed by atoms with Crippen molar-refractivity contribution in [3.05, 3.63) is 12.2 Å². The molecule has 0 spiro atoms. The molecule has 2 N–H and O–H groups in total. The molecule has 5 nitrogen and oxygen atoms in total. The summed E-state index contributed by atoms with van der Waals surface area (Å²) in [5, 5.41) is 7.17. The number of guanidine groups is 1. The van der Waals surface area contributed by atoms with E-state index < -0.39 is 0 Å². The van der Waals surface area contributed by atoms with Crippen molar-refractivity contribution in [2.24, 2.45) is 4.99 Å². The molecule has 2 saturated heterocycles. The first-order valence-electron chi connectivity index (χ1n) is 9.04. The Labute approximate surface area is 174 Å². The van der Waals surface area contributed by atoms with E-state index in [0.717, 1.165) is 71.0 Å². The van der Waals surface area contributed by atoms with Crippen molar-refractivity contribution in [3.8, 4) is 0 Å². The number of nitrogens with zero attached hydrogens (tertiary/aromatic N) is 2. The van der Waals surface area contributed by atoms with E-state index in [2.05, 4.69) is 40.3 Å². The number of aliphatic imine (C=N–C) groups is 1. The molecule has 2 aliphatic heterocycles. The predicted octanol–water partition coefficient (Wildman–Crippen LogP) is 2.72. The van der Waals surface area contributed by atoms with Gasteiger partial charge in [0.2, 0.25) is 0 Å². The van der Waals surface area contributed by atoms with Crippen LogP contribution in [0.15, 0.2) is 17.1 Å². The third-order valence-electron chi connectivity index (χ3n) is 5.06. The minimum Gasteiger partial charge on any atom is -0.381 e. The summed E-state index contributed by atoms with van der Waals surface area (Å²) in [7, 11) is 1.86. The van der Waals surface area contributed by atoms with Gasteiger partial charge in [0.1, 0.15) is 0 Å². The molecule has 0 amide bonds. The average Bonchev–Trinajstić information content (AvgIpc) is 2.60. The molecule has 0 aromatic heterocycles. The number of nitrogens with one attached hydrogen (secondary N) is 2. The van der Waals surface area contributed by atoms with Gasteiger partial charge in [-0.05, 0) is 38.9 Å². The summed E-state index contributed by atoms with van der Waals surface area (Å²) >= 11 is 1.96. The van der Waals surface area contributed by atoms with Crippen molar-refractivity contribution >= 4 is 41.7 Å². The lowest BCUT2D eigenvalue weighted by molar-refractivity contribution is 0.0782. The topological polar surface area (TPSA) is 48.9 Å². The zero-order chi connectivity index (χ0) is 17.4. The van der Waals surface area contributed by atoms with E-state index in [4.69, 9.17) is 4.74 Å². The molecule has 0 aromatic rings. The van der Waals surface area contributed by atoms with E-state index in [1.54, 1.807) is 0 Å². The zero-order valence-corrected chi connectivity index (χ0v) is 19.1. The van der Waals surface area contributed by atoms with Gasteiger partial charge in [-0.25, -0.2) is 0 Å². The van der Waals surface area contributed by atoms with Crippen LogP contribution in [-0.4, -0.2) is 74.3 Å². The van der Waals surface area contributed by atoms with E-state index >= 15 is 0 Å². The molecule has 0 aliphatic carbocycles. The van der Waals surface area contributed by atoms with Gasteiger partial charge < -0.3 is 15.4 Å². The molecule has 25 heavy (non-hydrogen) atoms. The summed E-state index contributed by atoms with van der Waals surface area (Å²) in [6, 6.07) is 0.512. The summed E-state index contributed by atoms with van der Waals surface area (Å²) in [4.78, 5) is 6.91. The van der Waals surface area contributed by atoms with Gasteiger partial charge in [0.25, 0.3) is 0 Å². The molecule has 7 heteroatoms. The number of likely N-dealkylation sites (tertiary alicyclic amines) is 1. The Hall–Kier alpha value is 0.01000. The van der Waals surface area contributed by atoms with Crippen LogP contribution in [0.4, 0.5) is 0 Å². The Morgan fingerprint density at radius 3 is 2.48 bits per heavy atom. The largest absolute Gasteiger partial charge is 0.381 e. The molecule has 2 fully saturated rings. The first-order chi connectivity index (χ1) is 11.6. The number of hydrogen-bond donors (Lipinski definition) is 2. The van der Waals surface area contributed by atoms with Gasteiger partial charge in [-0.2, -0.15) is 11.8 Å². The summed E-state index contributed by atoms with van der Waals surface area (Å²) in [6.07, 6.45) is 6.75. The number of halogens is 1. The molecule has 2 aliphatic rings. The predicted molar refractivity (Wildman–Crippen MR) is 120 cm³/mol. The Bertz CT molecular complexity index is 433. The molecule has 2 heterocycles. The van der Waals surface area contributed by atoms with Crippen molar-refractivity contribution in [1.82, 2.24) is 15.5 Å². The van der Waals surface area contributed by atoms with Crippen LogP contribution in [-0.2, 0) is 4.74 Å². The minimum absolute atomic E-state index is 0. The Balaban J connectivity index is 0.00000312. The molecular weight excluding hydrogens is 447 g/mol. The monoisotopic (exact) mass is 482 g/mol. The van der Waals surface area contributed by atoms with Gasteiger partial charge in [-0.1, -0.05) is 12.2 Å². The third kappa shape index (κ3) is 7.64. The Kier molecular flexibility index (Phi) is 10.8. The van der Waals surface area contributed by atoms with Crippen molar-refractivity contribution < 1.29 is 4.74 Å². The van der Waals surface area contributed by atoms with Gasteiger partial charge in [0, 0.05) is 57.2 Å². The molecular formula is C18H35IN4OS. The molecule has 0 unspecified atom stereocenters. The molecule has 0 atom stereocenters. The van der Waals surface area contributed by atoms with Gasteiger partial charge in [-0.3, -0.25) is 9.89 Å². The van der Waals surface area contributed by atoms with Crippen molar-refractivity contribution in [2.75, 3.05) is 52.7 Å². The summed E-state index contributed by atoms with van der Waals surface area (Å²) < 4.78 is 5.80. The first-order valence-corrected chi connectivity index (χ1v) is 10.3. The average molecular weight is 482 g/mol. The van der Waals surface area contributed by atoms with E-state index in [-0.39, 0.29) is 28.7 Å². The molecule has 0 bridgehead atoms. The molecule has 0 radical (unpaired) electrons. The summed E-state index contributed by atoms with van der Waals surface area (Å²) in [6.45, 7) is 12.1. The SMILES string of the molecule is C=C(C)CN1CCC(NC(=NC)NCC2(SC)CCOCC2)CC1.I. The fourth-order valence-electron chi connectivity index (χ4n) is 3.45. The second-order valence-corrected chi connectivity index (χ2v) is 8.35. The quantitative estimate of drug-likeness (QED) is 0.264. The highest BCUT2D eigenvalue weighted by molar-refractivity contribution is 14.0. The van der Waals surface area contributed by atoms with Crippen LogP contribution in [0.5, 0.6) is 0 Å². The molecule has 0 aromatic carbocycles. The fraction of sp³-hybridized carbons (Fsp3) is 0.833. The van der Waals surface area contributed by atoms with E-state index in [9.17, 15) is 0 Å². The van der Waals surface area contributed by atoms with Gasteiger partial charge in [-0.15, -0.1) is 24.0 Å². The molecule has 146 valence electrons. The van der Waals surface area contributed by atoms with Crippen molar-refractivity contribution in [3.63, 3.8) is 0 Å². The second kappa shape index (κ2) is 11.7. The number of hydrogen-bond acceptors (Lipinski definition) is 4. The lowest BCUT2D eigenvalue weighted by Gasteiger charge is -2.37. The maximum absolute atomic E-state index is 5.52. The highest BCUT2D eigenvalue weighted by Crippen LogP contribution is 2.32. The van der Waals surface area contributed by atoms with Crippen LogP contribution < -0.4 is 10.6 Å². The number of piperidine rings is 1. The highest BCUT2D eigenvalue weighted by Gasteiger charge is 2.32. The van der Waals surface area contributed by atoms with Crippen molar-refractivity contribution in [1.29, 1.82) is 0 Å². The lowest BCUT2D eigenvalue weighted by Crippen LogP contribution is -2.52. The van der Waals surface area contributed by atoms with Gasteiger partial charge in [0.05, 0.1) is 0 Å². The number of thioether (sulfide) groups is 1. The number of ether oxygens (including phenoxy) is 1. The minimum atomic E-state index is 0. The highest BCUT2D eigenvalue weighted by atomic mass is 127. The van der Waals surface area contributed by atoms with Crippen LogP contribution in [0.25, 0.3) is 0 Å². The maximum Gasteiger partial charge on any atom is 0.191 e. The molecule has 0 saturated carbocycles. The van der Waals surface area contributed by atoms with E-state index in [1.165, 1.54) is 5.57 Å². The van der Waals surface area contributed by atoms with Gasteiger partial charge >= 0.3 is 0 Å². The smallest absolute Gasteiger partial charge is 0.191 e. The number of rotatable bonds is 6. The second-order valence-electron chi connectivity index (χ2n) is 7.08. The normalized spacial score (nSPS) is 22.1. The van der Waals surface area contributed by atoms with Crippen LogP contribution in [0, 0.1) is 0 Å². The van der Waals surface area contributed by atoms with Crippen molar-refractivity contribution in [2.45, 2.75) is 43.4 Å². The summed E-state index contributed by atoms with van der Waals surface area (Å²) in [5.41, 5.74) is 1.25. The first kappa shape index (κ1) is 23.0. The zero-order valence-electron chi connectivity index (χ0n) is 16.0. The van der Waals surface area contributed by atoms with E-state index in [1.807, 2.05) is 18.8 Å². The van der Waals surface area contributed by atoms with E-state index in [0.29, 0.717) is 6.04 Å². The van der Waals surface area contributed by atoms with Crippen LogP contribution in [0.2, 0.25) is 0 Å². The maximum atomic E-state index is 5.52. The standard InChI is InChI=1S/C18H34N4OS.HI/c1-15(2)13-22-9-5-16(6-10-22)21-17(19-3)20-14-18(24-4)7-11-23-12-8-18;/h16H,1,5-14H2,2-4H3,(H2,19,20,21);1H. The van der Waals surface area contributed by atoms with Crippen LogP contribution >= 0.6 is 35.7 Å². The summed E-state index contributed by atoms with van der Waals surface area (Å²) in [5.74, 6) is 0.938. The Morgan fingerprint density at radius 1 is 1.32 bits per heavy atom. The van der Waals surface area contributed by atoms with Crippen LogP contribution in [0.3, 0.4) is 0 Å². The lowest BCUT2D eigenvalue weighted by atomic mass is 9.99. The fourth-order valence-corrected chi connectivity index (χ4v) is 4.24. The molecule has 2 rings (SSSR count). The van der Waals surface area contributed by atoms with Crippen LogP contribution in [0.1, 0.15) is 32.6 Å². The third-order valence-corrected chi connectivity index (χ3v) is 6.48.